The van der Waals surface area contributed by atoms with E-state index in [0.717, 1.165) is 30.8 Å². The summed E-state index contributed by atoms with van der Waals surface area (Å²) in [5, 5.41) is 2.74. The number of carbonyl (C=O) groups is 1. The lowest BCUT2D eigenvalue weighted by Crippen LogP contribution is -2.35. The van der Waals surface area contributed by atoms with Crippen molar-refractivity contribution in [3.05, 3.63) is 65.7 Å². The Hall–Kier alpha value is -2.37. The summed E-state index contributed by atoms with van der Waals surface area (Å²) < 4.78 is 11.0. The average Bonchev–Trinajstić information content (AvgIpc) is 2.61. The lowest BCUT2D eigenvalue weighted by Gasteiger charge is -2.30. The second-order valence-corrected chi connectivity index (χ2v) is 5.93. The van der Waals surface area contributed by atoms with Gasteiger partial charge in [-0.1, -0.05) is 42.5 Å². The van der Waals surface area contributed by atoms with Crippen molar-refractivity contribution < 1.29 is 14.3 Å². The first-order valence-corrected chi connectivity index (χ1v) is 8.08. The van der Waals surface area contributed by atoms with Crippen molar-refractivity contribution >= 4 is 11.8 Å². The summed E-state index contributed by atoms with van der Waals surface area (Å²) in [6.45, 7) is 2.84. The van der Waals surface area contributed by atoms with Gasteiger partial charge in [0.25, 0.3) is 0 Å². The molecule has 1 amide bonds. The Labute approximate surface area is 142 Å². The molecule has 2 aromatic rings. The summed E-state index contributed by atoms with van der Waals surface area (Å²) in [5.41, 5.74) is 2.78. The number of hydrogen-bond acceptors (Lipinski definition) is 4. The Balaban J connectivity index is 1.51. The number of nitrogens with one attached hydrogen (secondary N) is 1. The first-order chi connectivity index (χ1) is 11.7. The van der Waals surface area contributed by atoms with Crippen molar-refractivity contribution in [3.8, 4) is 0 Å². The van der Waals surface area contributed by atoms with Gasteiger partial charge in [0.1, 0.15) is 6.61 Å². The van der Waals surface area contributed by atoms with Gasteiger partial charge in [0.15, 0.2) is 0 Å². The number of hydrogen-bond donors (Lipinski definition) is 1. The van der Waals surface area contributed by atoms with E-state index in [-0.39, 0.29) is 12.7 Å². The van der Waals surface area contributed by atoms with E-state index < -0.39 is 6.09 Å². The van der Waals surface area contributed by atoms with Crippen LogP contribution in [-0.2, 0) is 16.1 Å². The Kier molecular flexibility index (Phi) is 5.46. The molecule has 126 valence electrons. The number of nitrogens with zero attached hydrogens (tertiary/aromatic N) is 1. The summed E-state index contributed by atoms with van der Waals surface area (Å²) >= 11 is 0. The van der Waals surface area contributed by atoms with Crippen LogP contribution in [-0.4, -0.2) is 37.7 Å². The molecule has 5 heteroatoms. The van der Waals surface area contributed by atoms with Gasteiger partial charge in [-0.3, -0.25) is 5.32 Å². The zero-order valence-corrected chi connectivity index (χ0v) is 13.8. The van der Waals surface area contributed by atoms with E-state index in [1.165, 1.54) is 0 Å². The molecule has 0 bridgehead atoms. The molecule has 3 rings (SSSR count). The van der Waals surface area contributed by atoms with Crippen molar-refractivity contribution in [2.24, 2.45) is 0 Å². The molecule has 1 saturated heterocycles. The Morgan fingerprint density at radius 3 is 2.67 bits per heavy atom. The second-order valence-electron chi connectivity index (χ2n) is 5.93. The van der Waals surface area contributed by atoms with Gasteiger partial charge in [-0.25, -0.2) is 4.79 Å². The molecule has 1 N–H and O–H groups in total. The van der Waals surface area contributed by atoms with Crippen molar-refractivity contribution in [2.45, 2.75) is 12.7 Å². The maximum atomic E-state index is 11.9. The first-order valence-electron chi connectivity index (χ1n) is 8.08. The van der Waals surface area contributed by atoms with Crippen LogP contribution in [0.5, 0.6) is 0 Å². The fourth-order valence-electron chi connectivity index (χ4n) is 2.64. The smallest absolute Gasteiger partial charge is 0.411 e. The van der Waals surface area contributed by atoms with Crippen LogP contribution in [0, 0.1) is 0 Å². The SMILES string of the molecule is CN1CCOC(c2ccc(NC(=O)OCc3ccccc3)cc2)C1. The fraction of sp³-hybridized carbons (Fsp3) is 0.316. The maximum Gasteiger partial charge on any atom is 0.411 e. The highest BCUT2D eigenvalue weighted by Gasteiger charge is 2.19. The van der Waals surface area contributed by atoms with E-state index in [9.17, 15) is 4.79 Å². The average molecular weight is 326 g/mol. The number of amides is 1. The van der Waals surface area contributed by atoms with E-state index in [4.69, 9.17) is 9.47 Å². The maximum absolute atomic E-state index is 11.9. The molecule has 1 unspecified atom stereocenters. The van der Waals surface area contributed by atoms with Gasteiger partial charge in [-0.05, 0) is 30.3 Å². The molecule has 0 saturated carbocycles. The predicted octanol–water partition coefficient (Wildman–Crippen LogP) is 3.44. The lowest BCUT2D eigenvalue weighted by atomic mass is 10.1. The van der Waals surface area contributed by atoms with Crippen LogP contribution >= 0.6 is 0 Å². The molecule has 0 aromatic heterocycles. The molecular weight excluding hydrogens is 304 g/mol. The van der Waals surface area contributed by atoms with Gasteiger partial charge in [0, 0.05) is 18.8 Å². The van der Waals surface area contributed by atoms with Gasteiger partial charge in [-0.2, -0.15) is 0 Å². The van der Waals surface area contributed by atoms with Crippen LogP contribution in [0.3, 0.4) is 0 Å². The highest BCUT2D eigenvalue weighted by molar-refractivity contribution is 5.84. The van der Waals surface area contributed by atoms with Crippen molar-refractivity contribution in [1.29, 1.82) is 0 Å². The largest absolute Gasteiger partial charge is 0.444 e. The topological polar surface area (TPSA) is 50.8 Å². The van der Waals surface area contributed by atoms with Gasteiger partial charge in [0.2, 0.25) is 0 Å². The molecule has 1 aliphatic heterocycles. The van der Waals surface area contributed by atoms with E-state index in [1.807, 2.05) is 54.6 Å². The molecule has 5 nitrogen and oxygen atoms in total. The summed E-state index contributed by atoms with van der Waals surface area (Å²) in [6, 6.07) is 17.3. The normalized spacial score (nSPS) is 18.1. The molecule has 24 heavy (non-hydrogen) atoms. The number of benzene rings is 2. The zero-order valence-electron chi connectivity index (χ0n) is 13.8. The minimum Gasteiger partial charge on any atom is -0.444 e. The van der Waals surface area contributed by atoms with Gasteiger partial charge in [0.05, 0.1) is 12.7 Å². The van der Waals surface area contributed by atoms with Crippen LogP contribution in [0.2, 0.25) is 0 Å². The van der Waals surface area contributed by atoms with Crippen molar-refractivity contribution in [3.63, 3.8) is 0 Å². The quantitative estimate of drug-likeness (QED) is 0.935. The number of morpholine rings is 1. The summed E-state index contributed by atoms with van der Waals surface area (Å²) in [4.78, 5) is 14.1. The van der Waals surface area contributed by atoms with Crippen LogP contribution in [0.1, 0.15) is 17.2 Å². The molecule has 0 radical (unpaired) electrons. The van der Waals surface area contributed by atoms with Gasteiger partial charge < -0.3 is 14.4 Å². The number of anilines is 1. The minimum atomic E-state index is -0.458. The molecule has 2 aromatic carbocycles. The van der Waals surface area contributed by atoms with Crippen LogP contribution in [0.4, 0.5) is 10.5 Å². The molecule has 1 aliphatic rings. The molecule has 1 atom stereocenters. The third kappa shape index (κ3) is 4.57. The van der Waals surface area contributed by atoms with Gasteiger partial charge >= 0.3 is 6.09 Å². The summed E-state index contributed by atoms with van der Waals surface area (Å²) in [7, 11) is 2.09. The lowest BCUT2D eigenvalue weighted by molar-refractivity contribution is -0.0208. The highest BCUT2D eigenvalue weighted by atomic mass is 16.5. The molecule has 1 heterocycles. The Morgan fingerprint density at radius 2 is 1.96 bits per heavy atom. The second kappa shape index (κ2) is 7.95. The molecule has 0 aliphatic carbocycles. The standard InChI is InChI=1S/C19H22N2O3/c1-21-11-12-23-18(13-21)16-7-9-17(10-8-16)20-19(22)24-14-15-5-3-2-4-6-15/h2-10,18H,11-14H2,1H3,(H,20,22). The van der Waals surface area contributed by atoms with E-state index in [0.29, 0.717) is 5.69 Å². The van der Waals surface area contributed by atoms with Crippen LogP contribution < -0.4 is 5.32 Å². The first kappa shape index (κ1) is 16.5. The number of rotatable bonds is 4. The minimum absolute atomic E-state index is 0.0860. The van der Waals surface area contributed by atoms with Crippen LogP contribution in [0.15, 0.2) is 54.6 Å². The summed E-state index contributed by atoms with van der Waals surface area (Å²) in [5.74, 6) is 0. The summed E-state index contributed by atoms with van der Waals surface area (Å²) in [6.07, 6.45) is -0.372. The third-order valence-corrected chi connectivity index (χ3v) is 4.01. The van der Waals surface area contributed by atoms with E-state index in [1.54, 1.807) is 0 Å². The third-order valence-electron chi connectivity index (χ3n) is 4.01. The Morgan fingerprint density at radius 1 is 1.21 bits per heavy atom. The van der Waals surface area contributed by atoms with Gasteiger partial charge in [-0.15, -0.1) is 0 Å². The molecule has 1 fully saturated rings. The monoisotopic (exact) mass is 326 g/mol. The predicted molar refractivity (Wildman–Crippen MR) is 92.9 cm³/mol. The molecular formula is C19H22N2O3. The fourth-order valence-corrected chi connectivity index (χ4v) is 2.64. The number of likely N-dealkylation sites (N-methyl/N-ethyl adjacent to an activating group) is 1. The Bertz CT molecular complexity index is 658. The number of ether oxygens (including phenoxy) is 2. The highest BCUT2D eigenvalue weighted by Crippen LogP contribution is 2.23. The van der Waals surface area contributed by atoms with E-state index in [2.05, 4.69) is 17.3 Å². The zero-order chi connectivity index (χ0) is 16.8. The van der Waals surface area contributed by atoms with Crippen molar-refractivity contribution in [2.75, 3.05) is 32.1 Å². The molecule has 0 spiro atoms. The van der Waals surface area contributed by atoms with E-state index >= 15 is 0 Å². The number of carbonyl (C=O) groups excluding carboxylic acids is 1. The van der Waals surface area contributed by atoms with Crippen molar-refractivity contribution in [1.82, 2.24) is 4.90 Å². The van der Waals surface area contributed by atoms with Crippen LogP contribution in [0.25, 0.3) is 0 Å².